The molecule has 0 radical (unpaired) electrons. The largest absolute Gasteiger partial charge is 0.494 e. The Morgan fingerprint density at radius 3 is 2.77 bits per heavy atom. The first-order chi connectivity index (χ1) is 6.33. The third kappa shape index (κ3) is 1.93. The standard InChI is InChI=1S/C10H12N2O/c1-4-12-10-8(11-2)6-5-7-9(10)13-3/h4-7H,2H2,1,3H3. The third-order valence-corrected chi connectivity index (χ3v) is 1.63. The molecule has 3 nitrogen and oxygen atoms in total. The fraction of sp³-hybridized carbons (Fsp3) is 0.200. The first-order valence-electron chi connectivity index (χ1n) is 3.96. The third-order valence-electron chi connectivity index (χ3n) is 1.63. The first-order valence-corrected chi connectivity index (χ1v) is 3.96. The predicted molar refractivity (Wildman–Crippen MR) is 56.0 cm³/mol. The minimum absolute atomic E-state index is 0.711. The summed E-state index contributed by atoms with van der Waals surface area (Å²) in [5.41, 5.74) is 1.46. The topological polar surface area (TPSA) is 34.0 Å². The molecule has 0 spiro atoms. The zero-order chi connectivity index (χ0) is 9.68. The van der Waals surface area contributed by atoms with Gasteiger partial charge in [0.05, 0.1) is 12.8 Å². The summed E-state index contributed by atoms with van der Waals surface area (Å²) in [4.78, 5) is 8.02. The van der Waals surface area contributed by atoms with E-state index < -0.39 is 0 Å². The van der Waals surface area contributed by atoms with Crippen LogP contribution in [0, 0.1) is 0 Å². The van der Waals surface area contributed by atoms with Crippen LogP contribution in [0.3, 0.4) is 0 Å². The van der Waals surface area contributed by atoms with Crippen LogP contribution >= 0.6 is 0 Å². The Balaban J connectivity index is 3.28. The molecule has 0 N–H and O–H groups in total. The Hall–Kier alpha value is -1.64. The number of para-hydroxylation sites is 1. The lowest BCUT2D eigenvalue weighted by atomic mass is 10.2. The smallest absolute Gasteiger partial charge is 0.146 e. The molecule has 0 saturated heterocycles. The van der Waals surface area contributed by atoms with Gasteiger partial charge in [-0.1, -0.05) is 6.07 Å². The highest BCUT2D eigenvalue weighted by Gasteiger charge is 2.04. The number of ether oxygens (including phenoxy) is 1. The normalized spacial score (nSPS) is 10.3. The summed E-state index contributed by atoms with van der Waals surface area (Å²) in [6.07, 6.45) is 1.70. The molecule has 0 saturated carbocycles. The second-order valence-corrected chi connectivity index (χ2v) is 2.37. The van der Waals surface area contributed by atoms with Gasteiger partial charge in [0.2, 0.25) is 0 Å². The molecule has 0 unspecified atom stereocenters. The lowest BCUT2D eigenvalue weighted by Crippen LogP contribution is -1.83. The first kappa shape index (κ1) is 9.45. The van der Waals surface area contributed by atoms with Crippen LogP contribution in [-0.2, 0) is 0 Å². The van der Waals surface area contributed by atoms with Crippen LogP contribution in [-0.4, -0.2) is 20.0 Å². The molecule has 1 rings (SSSR count). The lowest BCUT2D eigenvalue weighted by molar-refractivity contribution is 0.416. The van der Waals surface area contributed by atoms with Crippen LogP contribution in [0.15, 0.2) is 28.2 Å². The summed E-state index contributed by atoms with van der Waals surface area (Å²) in [6, 6.07) is 5.55. The number of benzene rings is 1. The molecule has 3 heteroatoms. The minimum atomic E-state index is 0.711. The van der Waals surface area contributed by atoms with E-state index in [-0.39, 0.29) is 0 Å². The van der Waals surface area contributed by atoms with Gasteiger partial charge in [0.15, 0.2) is 0 Å². The van der Waals surface area contributed by atoms with E-state index in [4.69, 9.17) is 4.74 Å². The summed E-state index contributed by atoms with van der Waals surface area (Å²) in [6.45, 7) is 5.32. The summed E-state index contributed by atoms with van der Waals surface area (Å²) in [5.74, 6) is 0.711. The molecule has 0 fully saturated rings. The Labute approximate surface area is 77.8 Å². The predicted octanol–water partition coefficient (Wildman–Crippen LogP) is 2.75. The van der Waals surface area contributed by atoms with Crippen molar-refractivity contribution >= 4 is 24.3 Å². The minimum Gasteiger partial charge on any atom is -0.494 e. The molecule has 13 heavy (non-hydrogen) atoms. The van der Waals surface area contributed by atoms with Crippen LogP contribution in [0.1, 0.15) is 6.92 Å². The van der Waals surface area contributed by atoms with Crippen LogP contribution in [0.4, 0.5) is 11.4 Å². The molecule has 0 aromatic heterocycles. The van der Waals surface area contributed by atoms with E-state index in [1.165, 1.54) is 0 Å². The number of nitrogens with zero attached hydrogens (tertiary/aromatic N) is 2. The van der Waals surface area contributed by atoms with E-state index in [1.54, 1.807) is 13.3 Å². The van der Waals surface area contributed by atoms with Crippen molar-refractivity contribution in [2.45, 2.75) is 6.92 Å². The van der Waals surface area contributed by atoms with Crippen molar-refractivity contribution in [3.63, 3.8) is 0 Å². The van der Waals surface area contributed by atoms with Crippen molar-refractivity contribution in [1.29, 1.82) is 0 Å². The molecule has 0 amide bonds. The van der Waals surface area contributed by atoms with E-state index in [0.717, 1.165) is 11.4 Å². The van der Waals surface area contributed by atoms with Gasteiger partial charge in [-0.25, -0.2) is 0 Å². The summed E-state index contributed by atoms with van der Waals surface area (Å²) >= 11 is 0. The number of hydrogen-bond donors (Lipinski definition) is 0. The van der Waals surface area contributed by atoms with Crippen molar-refractivity contribution in [2.24, 2.45) is 9.98 Å². The lowest BCUT2D eigenvalue weighted by Gasteiger charge is -2.05. The summed E-state index contributed by atoms with van der Waals surface area (Å²) < 4.78 is 5.14. The van der Waals surface area contributed by atoms with Crippen molar-refractivity contribution < 1.29 is 4.74 Å². The van der Waals surface area contributed by atoms with Crippen LogP contribution < -0.4 is 4.74 Å². The highest BCUT2D eigenvalue weighted by atomic mass is 16.5. The van der Waals surface area contributed by atoms with Crippen molar-refractivity contribution in [3.05, 3.63) is 18.2 Å². The van der Waals surface area contributed by atoms with Gasteiger partial charge in [0.25, 0.3) is 0 Å². The summed E-state index contributed by atoms with van der Waals surface area (Å²) in [7, 11) is 1.61. The van der Waals surface area contributed by atoms with E-state index >= 15 is 0 Å². The fourth-order valence-electron chi connectivity index (χ4n) is 1.06. The van der Waals surface area contributed by atoms with Gasteiger partial charge in [-0.05, 0) is 25.8 Å². The van der Waals surface area contributed by atoms with Gasteiger partial charge >= 0.3 is 0 Å². The average molecular weight is 176 g/mol. The Morgan fingerprint density at radius 1 is 1.46 bits per heavy atom. The van der Waals surface area contributed by atoms with Gasteiger partial charge in [0, 0.05) is 6.21 Å². The van der Waals surface area contributed by atoms with Crippen LogP contribution in [0.25, 0.3) is 0 Å². The molecule has 0 aliphatic heterocycles. The van der Waals surface area contributed by atoms with E-state index in [0.29, 0.717) is 5.75 Å². The average Bonchev–Trinajstić information content (AvgIpc) is 2.18. The van der Waals surface area contributed by atoms with E-state index in [2.05, 4.69) is 16.7 Å². The molecule has 0 atom stereocenters. The van der Waals surface area contributed by atoms with Gasteiger partial charge in [-0.3, -0.25) is 9.98 Å². The monoisotopic (exact) mass is 176 g/mol. The van der Waals surface area contributed by atoms with Crippen LogP contribution in [0.5, 0.6) is 5.75 Å². The highest BCUT2D eigenvalue weighted by molar-refractivity contribution is 5.75. The van der Waals surface area contributed by atoms with E-state index in [9.17, 15) is 0 Å². The van der Waals surface area contributed by atoms with Gasteiger partial charge < -0.3 is 4.74 Å². The fourth-order valence-corrected chi connectivity index (χ4v) is 1.06. The Kier molecular flexibility index (Phi) is 3.20. The molecule has 0 aliphatic carbocycles. The molecule has 68 valence electrons. The molecular formula is C10H12N2O. The maximum absolute atomic E-state index is 5.14. The molecular weight excluding hydrogens is 164 g/mol. The number of hydrogen-bond acceptors (Lipinski definition) is 3. The maximum Gasteiger partial charge on any atom is 0.146 e. The number of aliphatic imine (C=N–C) groups is 2. The Bertz CT molecular complexity index is 332. The second kappa shape index (κ2) is 4.40. The zero-order valence-corrected chi connectivity index (χ0v) is 7.82. The molecule has 1 aromatic carbocycles. The van der Waals surface area contributed by atoms with Crippen molar-refractivity contribution in [2.75, 3.05) is 7.11 Å². The SMILES string of the molecule is C=Nc1cccc(OC)c1N=CC. The molecule has 0 heterocycles. The number of rotatable bonds is 3. The quantitative estimate of drug-likeness (QED) is 0.652. The van der Waals surface area contributed by atoms with E-state index in [1.807, 2.05) is 25.1 Å². The highest BCUT2D eigenvalue weighted by Crippen LogP contribution is 2.36. The Morgan fingerprint density at radius 2 is 2.23 bits per heavy atom. The van der Waals surface area contributed by atoms with Crippen molar-refractivity contribution in [3.8, 4) is 5.75 Å². The number of methoxy groups -OCH3 is 1. The second-order valence-electron chi connectivity index (χ2n) is 2.37. The maximum atomic E-state index is 5.14. The van der Waals surface area contributed by atoms with Gasteiger partial charge in [0.1, 0.15) is 11.4 Å². The van der Waals surface area contributed by atoms with Crippen LogP contribution in [0.2, 0.25) is 0 Å². The van der Waals surface area contributed by atoms with Gasteiger partial charge in [-0.15, -0.1) is 0 Å². The summed E-state index contributed by atoms with van der Waals surface area (Å²) in [5, 5.41) is 0. The molecule has 0 aliphatic rings. The zero-order valence-electron chi connectivity index (χ0n) is 7.82. The molecule has 0 bridgehead atoms. The van der Waals surface area contributed by atoms with Crippen molar-refractivity contribution in [1.82, 2.24) is 0 Å². The van der Waals surface area contributed by atoms with Gasteiger partial charge in [-0.2, -0.15) is 0 Å². The molecule has 1 aromatic rings.